The van der Waals surface area contributed by atoms with Gasteiger partial charge in [-0.15, -0.1) is 0 Å². The number of hydrogen-bond donors (Lipinski definition) is 2. The summed E-state index contributed by atoms with van der Waals surface area (Å²) in [7, 11) is 0. The summed E-state index contributed by atoms with van der Waals surface area (Å²) in [6.07, 6.45) is 9.10. The molecule has 0 amide bonds. The average Bonchev–Trinajstić information content (AvgIpc) is 2.84. The molecule has 0 unspecified atom stereocenters. The molecular weight excluding hydrogens is 238 g/mol. The number of nitrogen functional groups attached to an aromatic ring is 1. The van der Waals surface area contributed by atoms with Crippen molar-refractivity contribution < 1.29 is 0 Å². The molecule has 0 aliphatic rings. The highest BCUT2D eigenvalue weighted by Crippen LogP contribution is 2.28. The highest BCUT2D eigenvalue weighted by atomic mass is 15.2. The first-order valence-electron chi connectivity index (χ1n) is 7.18. The summed E-state index contributed by atoms with van der Waals surface area (Å²) < 4.78 is 0. The van der Waals surface area contributed by atoms with Crippen molar-refractivity contribution >= 4 is 16.9 Å². The fourth-order valence-corrected chi connectivity index (χ4v) is 2.46. The molecule has 2 rings (SSSR count). The number of nitrogens with two attached hydrogens (primary N) is 1. The van der Waals surface area contributed by atoms with E-state index in [4.69, 9.17) is 5.73 Å². The van der Waals surface area contributed by atoms with Crippen molar-refractivity contribution in [3.05, 3.63) is 12.0 Å². The maximum atomic E-state index is 5.92. The standard InChI is InChI=1S/C14H23N5/c1-3-4-5-6-7-8-10(2)12-11-13(15)16-9-17-14(11)19-18-12/h9-10H,3-8H2,1-2H3,(H3,15,16,17,18,19)/t10-/m1/s1. The predicted molar refractivity (Wildman–Crippen MR) is 77.9 cm³/mol. The fraction of sp³-hybridized carbons (Fsp3) is 0.643. The van der Waals surface area contributed by atoms with Crippen LogP contribution in [0.2, 0.25) is 0 Å². The Bertz CT molecular complexity index is 520. The number of H-pyrrole nitrogens is 1. The Morgan fingerprint density at radius 3 is 2.79 bits per heavy atom. The van der Waals surface area contributed by atoms with Gasteiger partial charge >= 0.3 is 0 Å². The maximum Gasteiger partial charge on any atom is 0.186 e. The van der Waals surface area contributed by atoms with E-state index in [2.05, 4.69) is 34.0 Å². The van der Waals surface area contributed by atoms with Crippen molar-refractivity contribution in [1.29, 1.82) is 0 Å². The summed E-state index contributed by atoms with van der Waals surface area (Å²) in [6.45, 7) is 4.45. The molecule has 0 spiro atoms. The summed E-state index contributed by atoms with van der Waals surface area (Å²) in [5.74, 6) is 0.937. The number of fused-ring (bicyclic) bond motifs is 1. The fourth-order valence-electron chi connectivity index (χ4n) is 2.46. The molecule has 0 bridgehead atoms. The Hall–Kier alpha value is -1.65. The summed E-state index contributed by atoms with van der Waals surface area (Å²) in [5.41, 5.74) is 7.66. The Morgan fingerprint density at radius 1 is 1.21 bits per heavy atom. The van der Waals surface area contributed by atoms with Gasteiger partial charge in [-0.25, -0.2) is 9.97 Å². The molecule has 0 aromatic carbocycles. The number of nitrogens with one attached hydrogen (secondary N) is 1. The van der Waals surface area contributed by atoms with Gasteiger partial charge in [-0.3, -0.25) is 5.10 Å². The first-order valence-corrected chi connectivity index (χ1v) is 7.18. The largest absolute Gasteiger partial charge is 0.383 e. The van der Waals surface area contributed by atoms with Crippen LogP contribution in [0.1, 0.15) is 64.0 Å². The van der Waals surface area contributed by atoms with Crippen LogP contribution in [0.25, 0.3) is 11.0 Å². The van der Waals surface area contributed by atoms with E-state index >= 15 is 0 Å². The van der Waals surface area contributed by atoms with Crippen molar-refractivity contribution in [3.63, 3.8) is 0 Å². The van der Waals surface area contributed by atoms with E-state index in [0.29, 0.717) is 17.4 Å². The van der Waals surface area contributed by atoms with Crippen LogP contribution >= 0.6 is 0 Å². The summed E-state index contributed by atoms with van der Waals surface area (Å²) in [5, 5.41) is 8.17. The van der Waals surface area contributed by atoms with Crippen LogP contribution in [0.4, 0.5) is 5.82 Å². The molecule has 0 saturated heterocycles. The van der Waals surface area contributed by atoms with Gasteiger partial charge in [-0.05, 0) is 12.3 Å². The van der Waals surface area contributed by atoms with Crippen LogP contribution in [0.15, 0.2) is 6.33 Å². The summed E-state index contributed by atoms with van der Waals surface area (Å²) >= 11 is 0. The third-order valence-corrected chi connectivity index (χ3v) is 3.64. The van der Waals surface area contributed by atoms with Crippen LogP contribution in [0.3, 0.4) is 0 Å². The van der Waals surface area contributed by atoms with Crippen molar-refractivity contribution in [2.75, 3.05) is 5.73 Å². The van der Waals surface area contributed by atoms with E-state index in [-0.39, 0.29) is 0 Å². The molecule has 1 atom stereocenters. The molecule has 0 aliphatic heterocycles. The van der Waals surface area contributed by atoms with Crippen molar-refractivity contribution in [2.24, 2.45) is 0 Å². The van der Waals surface area contributed by atoms with Crippen molar-refractivity contribution in [2.45, 2.75) is 58.3 Å². The highest BCUT2D eigenvalue weighted by molar-refractivity contribution is 5.87. The number of rotatable bonds is 7. The van der Waals surface area contributed by atoms with Gasteiger partial charge in [0.25, 0.3) is 0 Å². The number of unbranched alkanes of at least 4 members (excludes halogenated alkanes) is 4. The Balaban J connectivity index is 1.99. The van der Waals surface area contributed by atoms with E-state index < -0.39 is 0 Å². The molecule has 2 aromatic heterocycles. The molecular formula is C14H23N5. The van der Waals surface area contributed by atoms with Crippen molar-refractivity contribution in [1.82, 2.24) is 20.2 Å². The Labute approximate surface area is 114 Å². The minimum absolute atomic E-state index is 0.417. The lowest BCUT2D eigenvalue weighted by Gasteiger charge is -2.10. The second-order valence-corrected chi connectivity index (χ2v) is 5.20. The van der Waals surface area contributed by atoms with Gasteiger partial charge < -0.3 is 5.73 Å². The zero-order valence-electron chi connectivity index (χ0n) is 11.8. The Morgan fingerprint density at radius 2 is 2.00 bits per heavy atom. The second kappa shape index (κ2) is 6.50. The molecule has 19 heavy (non-hydrogen) atoms. The smallest absolute Gasteiger partial charge is 0.186 e. The highest BCUT2D eigenvalue weighted by Gasteiger charge is 2.15. The normalized spacial score (nSPS) is 12.9. The second-order valence-electron chi connectivity index (χ2n) is 5.20. The molecule has 5 nitrogen and oxygen atoms in total. The van der Waals surface area contributed by atoms with Crippen LogP contribution < -0.4 is 5.73 Å². The van der Waals surface area contributed by atoms with Gasteiger partial charge in [-0.2, -0.15) is 5.10 Å². The zero-order chi connectivity index (χ0) is 13.7. The Kier molecular flexibility index (Phi) is 4.71. The van der Waals surface area contributed by atoms with Crippen LogP contribution in [-0.2, 0) is 0 Å². The molecule has 0 fully saturated rings. The summed E-state index contributed by atoms with van der Waals surface area (Å²) in [4.78, 5) is 8.18. The lowest BCUT2D eigenvalue weighted by atomic mass is 9.97. The van der Waals surface area contributed by atoms with E-state index in [0.717, 1.165) is 17.5 Å². The SMILES string of the molecule is CCCCCCC[C@@H](C)c1[nH]nc2ncnc(N)c12. The molecule has 5 heteroatoms. The minimum Gasteiger partial charge on any atom is -0.383 e. The topological polar surface area (TPSA) is 80.5 Å². The number of aromatic nitrogens is 4. The average molecular weight is 261 g/mol. The zero-order valence-corrected chi connectivity index (χ0v) is 11.8. The van der Waals surface area contributed by atoms with E-state index in [1.165, 1.54) is 38.4 Å². The number of anilines is 1. The van der Waals surface area contributed by atoms with Crippen LogP contribution in [0, 0.1) is 0 Å². The molecule has 0 aliphatic carbocycles. The minimum atomic E-state index is 0.417. The third kappa shape index (κ3) is 3.22. The molecule has 0 radical (unpaired) electrons. The molecule has 2 heterocycles. The van der Waals surface area contributed by atoms with Gasteiger partial charge in [0.15, 0.2) is 5.65 Å². The van der Waals surface area contributed by atoms with E-state index in [1.807, 2.05) is 0 Å². The predicted octanol–water partition coefficient (Wildman–Crippen LogP) is 3.40. The molecule has 2 aromatic rings. The van der Waals surface area contributed by atoms with Gasteiger partial charge in [-0.1, -0.05) is 46.0 Å². The first kappa shape index (κ1) is 13.8. The third-order valence-electron chi connectivity index (χ3n) is 3.64. The molecule has 104 valence electrons. The number of aromatic amines is 1. The number of nitrogens with zero attached hydrogens (tertiary/aromatic N) is 3. The quantitative estimate of drug-likeness (QED) is 0.748. The van der Waals surface area contributed by atoms with Crippen LogP contribution in [-0.4, -0.2) is 20.2 Å². The van der Waals surface area contributed by atoms with E-state index in [1.54, 1.807) is 0 Å². The molecule has 0 saturated carbocycles. The van der Waals surface area contributed by atoms with Crippen LogP contribution in [0.5, 0.6) is 0 Å². The molecule has 3 N–H and O–H groups in total. The number of hydrogen-bond acceptors (Lipinski definition) is 4. The maximum absolute atomic E-state index is 5.92. The van der Waals surface area contributed by atoms with Gasteiger partial charge in [0.1, 0.15) is 12.1 Å². The van der Waals surface area contributed by atoms with Crippen molar-refractivity contribution in [3.8, 4) is 0 Å². The first-order chi connectivity index (χ1) is 9.24. The lowest BCUT2D eigenvalue weighted by Crippen LogP contribution is -1.98. The van der Waals surface area contributed by atoms with Gasteiger partial charge in [0, 0.05) is 0 Å². The monoisotopic (exact) mass is 261 g/mol. The van der Waals surface area contributed by atoms with E-state index in [9.17, 15) is 0 Å². The van der Waals surface area contributed by atoms with Gasteiger partial charge in [0.05, 0.1) is 11.1 Å². The summed E-state index contributed by atoms with van der Waals surface area (Å²) in [6, 6.07) is 0. The van der Waals surface area contributed by atoms with Gasteiger partial charge in [0.2, 0.25) is 0 Å². The lowest BCUT2D eigenvalue weighted by molar-refractivity contribution is 0.561.